The lowest BCUT2D eigenvalue weighted by atomic mass is 9.76. The molecule has 2 heterocycles. The van der Waals surface area contributed by atoms with Gasteiger partial charge in [0, 0.05) is 42.5 Å². The molecule has 1 aromatic heterocycles. The topological polar surface area (TPSA) is 3.24 Å². The Morgan fingerprint density at radius 3 is 2.56 bits per heavy atom. The zero-order valence-electron chi connectivity index (χ0n) is 15.1. The third-order valence-electron chi connectivity index (χ3n) is 6.10. The van der Waals surface area contributed by atoms with Gasteiger partial charge in [-0.1, -0.05) is 66.8 Å². The van der Waals surface area contributed by atoms with Gasteiger partial charge in [-0.25, -0.2) is 0 Å². The van der Waals surface area contributed by atoms with Crippen molar-refractivity contribution >= 4 is 42.9 Å². The summed E-state index contributed by atoms with van der Waals surface area (Å²) in [7, 11) is 0. The van der Waals surface area contributed by atoms with Crippen LogP contribution < -0.4 is 4.90 Å². The second-order valence-electron chi connectivity index (χ2n) is 7.61. The molecule has 0 saturated carbocycles. The first-order valence-corrected chi connectivity index (χ1v) is 10.2. The van der Waals surface area contributed by atoms with Crippen LogP contribution in [0.4, 0.5) is 11.4 Å². The minimum absolute atomic E-state index is 0.0275. The third-order valence-corrected chi connectivity index (χ3v) is 7.30. The lowest BCUT2D eigenvalue weighted by molar-refractivity contribution is 0.554. The summed E-state index contributed by atoms with van der Waals surface area (Å²) in [6.07, 6.45) is 9.15. The van der Waals surface area contributed by atoms with Gasteiger partial charge in [-0.15, -0.1) is 11.3 Å². The molecule has 4 aromatic rings. The number of rotatable bonds is 1. The van der Waals surface area contributed by atoms with Crippen molar-refractivity contribution in [3.05, 3.63) is 96.6 Å². The van der Waals surface area contributed by atoms with Gasteiger partial charge in [0.25, 0.3) is 0 Å². The van der Waals surface area contributed by atoms with Crippen LogP contribution in [0.3, 0.4) is 0 Å². The van der Waals surface area contributed by atoms with Gasteiger partial charge < -0.3 is 4.90 Å². The number of hydrogen-bond acceptors (Lipinski definition) is 2. The molecular formula is C25H19NS. The molecule has 2 atom stereocenters. The number of para-hydroxylation sites is 1. The molecule has 0 amide bonds. The summed E-state index contributed by atoms with van der Waals surface area (Å²) in [5, 5.41) is 2.75. The third kappa shape index (κ3) is 1.94. The summed E-state index contributed by atoms with van der Waals surface area (Å²) in [4.78, 5) is 2.51. The van der Waals surface area contributed by atoms with Gasteiger partial charge in [-0.05, 0) is 31.2 Å². The molecule has 2 heteroatoms. The van der Waals surface area contributed by atoms with E-state index in [-0.39, 0.29) is 5.41 Å². The number of nitrogens with zero attached hydrogens (tertiary/aromatic N) is 1. The molecule has 0 radical (unpaired) electrons. The highest BCUT2D eigenvalue weighted by molar-refractivity contribution is 7.26. The van der Waals surface area contributed by atoms with E-state index >= 15 is 0 Å². The second kappa shape index (κ2) is 5.34. The predicted octanol–water partition coefficient (Wildman–Crippen LogP) is 6.96. The standard InChI is InChI=1S/C25H19NS/c1-25-16-8-7-13-22(25)26(17-9-3-2-4-10-17)20-15-14-19-18-11-5-6-12-21(18)27-24(19)23(20)25/h2-16,22H,1H3/t22?,25-/m0/s1. The van der Waals surface area contributed by atoms with Gasteiger partial charge in [0.2, 0.25) is 0 Å². The van der Waals surface area contributed by atoms with E-state index in [0.29, 0.717) is 6.04 Å². The molecule has 0 fully saturated rings. The lowest BCUT2D eigenvalue weighted by Crippen LogP contribution is -2.39. The maximum absolute atomic E-state index is 2.51. The zero-order chi connectivity index (χ0) is 18.0. The van der Waals surface area contributed by atoms with Crippen molar-refractivity contribution in [1.82, 2.24) is 0 Å². The first-order chi connectivity index (χ1) is 13.3. The summed E-state index contributed by atoms with van der Waals surface area (Å²) in [6.45, 7) is 2.39. The minimum Gasteiger partial charge on any atom is -0.333 e. The summed E-state index contributed by atoms with van der Waals surface area (Å²) >= 11 is 1.93. The van der Waals surface area contributed by atoms with Crippen molar-refractivity contribution in [1.29, 1.82) is 0 Å². The maximum Gasteiger partial charge on any atom is 0.0655 e. The quantitative estimate of drug-likeness (QED) is 0.352. The average Bonchev–Trinajstić information content (AvgIpc) is 3.21. The van der Waals surface area contributed by atoms with Crippen LogP contribution in [0, 0.1) is 0 Å². The summed E-state index contributed by atoms with van der Waals surface area (Å²) in [5.74, 6) is 0. The fourth-order valence-electron chi connectivity index (χ4n) is 4.85. The number of benzene rings is 3. The Kier molecular flexibility index (Phi) is 3.01. The first-order valence-electron chi connectivity index (χ1n) is 9.42. The molecule has 130 valence electrons. The van der Waals surface area contributed by atoms with Gasteiger partial charge in [0.1, 0.15) is 0 Å². The highest BCUT2D eigenvalue weighted by atomic mass is 32.1. The van der Waals surface area contributed by atoms with E-state index in [0.717, 1.165) is 0 Å². The summed E-state index contributed by atoms with van der Waals surface area (Å²) < 4.78 is 2.80. The normalized spacial score (nSPS) is 23.1. The van der Waals surface area contributed by atoms with Crippen molar-refractivity contribution in [2.75, 3.05) is 4.90 Å². The molecule has 1 unspecified atom stereocenters. The van der Waals surface area contributed by atoms with Gasteiger partial charge in [0.05, 0.1) is 6.04 Å². The molecule has 6 rings (SSSR count). The molecule has 0 N–H and O–H groups in total. The van der Waals surface area contributed by atoms with Crippen molar-refractivity contribution in [2.45, 2.75) is 18.4 Å². The van der Waals surface area contributed by atoms with E-state index in [9.17, 15) is 0 Å². The van der Waals surface area contributed by atoms with Crippen molar-refractivity contribution in [3.63, 3.8) is 0 Å². The Morgan fingerprint density at radius 1 is 0.852 bits per heavy atom. The van der Waals surface area contributed by atoms with Crippen LogP contribution >= 0.6 is 11.3 Å². The maximum atomic E-state index is 2.51. The molecular weight excluding hydrogens is 346 g/mol. The number of allylic oxidation sites excluding steroid dienone is 2. The van der Waals surface area contributed by atoms with E-state index in [4.69, 9.17) is 0 Å². The van der Waals surface area contributed by atoms with E-state index < -0.39 is 0 Å². The lowest BCUT2D eigenvalue weighted by Gasteiger charge is -2.34. The fraction of sp³-hybridized carbons (Fsp3) is 0.120. The highest BCUT2D eigenvalue weighted by Gasteiger charge is 2.47. The number of fused-ring (bicyclic) bond motifs is 7. The van der Waals surface area contributed by atoms with Gasteiger partial charge >= 0.3 is 0 Å². The highest BCUT2D eigenvalue weighted by Crippen LogP contribution is 2.55. The van der Waals surface area contributed by atoms with Crippen LogP contribution in [-0.2, 0) is 5.41 Å². The van der Waals surface area contributed by atoms with Crippen LogP contribution in [0.15, 0.2) is 91.0 Å². The number of anilines is 2. The summed E-state index contributed by atoms with van der Waals surface area (Å²) in [6, 6.07) is 24.5. The molecule has 0 bridgehead atoms. The Hall–Kier alpha value is -2.84. The van der Waals surface area contributed by atoms with Gasteiger partial charge in [-0.2, -0.15) is 0 Å². The van der Waals surface area contributed by atoms with E-state index in [1.54, 1.807) is 0 Å². The summed E-state index contributed by atoms with van der Waals surface area (Å²) in [5.41, 5.74) is 4.04. The minimum atomic E-state index is -0.0275. The Morgan fingerprint density at radius 2 is 1.67 bits per heavy atom. The molecule has 27 heavy (non-hydrogen) atoms. The largest absolute Gasteiger partial charge is 0.333 e. The Balaban J connectivity index is 1.73. The smallest absolute Gasteiger partial charge is 0.0655 e. The fourth-order valence-corrected chi connectivity index (χ4v) is 6.22. The van der Waals surface area contributed by atoms with Crippen LogP contribution in [-0.4, -0.2) is 6.04 Å². The molecule has 0 spiro atoms. The Labute approximate surface area is 162 Å². The van der Waals surface area contributed by atoms with E-state index in [1.165, 1.54) is 37.1 Å². The van der Waals surface area contributed by atoms with Crippen molar-refractivity contribution in [3.8, 4) is 0 Å². The monoisotopic (exact) mass is 365 g/mol. The first kappa shape index (κ1) is 15.2. The Bertz CT molecular complexity index is 1250. The van der Waals surface area contributed by atoms with Crippen LogP contribution in [0.25, 0.3) is 20.2 Å². The zero-order valence-corrected chi connectivity index (χ0v) is 15.9. The average molecular weight is 366 g/mol. The molecule has 1 aliphatic carbocycles. The molecule has 0 saturated heterocycles. The van der Waals surface area contributed by atoms with Crippen LogP contribution in [0.2, 0.25) is 0 Å². The van der Waals surface area contributed by atoms with Crippen molar-refractivity contribution < 1.29 is 0 Å². The molecule has 1 aliphatic heterocycles. The molecule has 3 aromatic carbocycles. The SMILES string of the molecule is C[C@]12C=CC=CC1N(c1ccccc1)c1ccc3c(sc4ccccc43)c12. The molecule has 2 aliphatic rings. The van der Waals surface area contributed by atoms with Gasteiger partial charge in [-0.3, -0.25) is 0 Å². The molecule has 1 nitrogen and oxygen atoms in total. The van der Waals surface area contributed by atoms with Gasteiger partial charge in [0.15, 0.2) is 0 Å². The van der Waals surface area contributed by atoms with Crippen molar-refractivity contribution in [2.24, 2.45) is 0 Å². The van der Waals surface area contributed by atoms with Crippen LogP contribution in [0.1, 0.15) is 12.5 Å². The number of hydrogen-bond donors (Lipinski definition) is 0. The second-order valence-corrected chi connectivity index (χ2v) is 8.66. The van der Waals surface area contributed by atoms with E-state index in [1.807, 2.05) is 11.3 Å². The van der Waals surface area contributed by atoms with E-state index in [2.05, 4.69) is 103 Å². The van der Waals surface area contributed by atoms with Crippen LogP contribution in [0.5, 0.6) is 0 Å². The predicted molar refractivity (Wildman–Crippen MR) is 117 cm³/mol. The number of thiophene rings is 1.